The third-order valence-electron chi connectivity index (χ3n) is 3.07. The Bertz CT molecular complexity index is 741. The summed E-state index contributed by atoms with van der Waals surface area (Å²) < 4.78 is 23.8. The summed E-state index contributed by atoms with van der Waals surface area (Å²) in [6.07, 6.45) is 2.96. The molecule has 2 aromatic carbocycles. The number of benzene rings is 2. The molecule has 0 aliphatic heterocycles. The molecule has 0 radical (unpaired) electrons. The largest absolute Gasteiger partial charge is 0.491 e. The van der Waals surface area contributed by atoms with Crippen molar-refractivity contribution in [2.75, 3.05) is 13.7 Å². The van der Waals surface area contributed by atoms with Crippen LogP contribution >= 0.6 is 11.6 Å². The van der Waals surface area contributed by atoms with Crippen LogP contribution < -0.4 is 9.47 Å². The number of ketones is 1. The fourth-order valence-electron chi connectivity index (χ4n) is 2.06. The SMILES string of the molecule is CCOc1cc(/C=C/C(=O)c2cccc(F)c2)cc(Cl)c1OC. The minimum atomic E-state index is -0.449. The highest BCUT2D eigenvalue weighted by Gasteiger charge is 2.11. The van der Waals surface area contributed by atoms with Crippen LogP contribution in [0.5, 0.6) is 11.5 Å². The second-order valence-electron chi connectivity index (χ2n) is 4.68. The highest BCUT2D eigenvalue weighted by Crippen LogP contribution is 2.36. The summed E-state index contributed by atoms with van der Waals surface area (Å²) in [4.78, 5) is 12.0. The highest BCUT2D eigenvalue weighted by molar-refractivity contribution is 6.32. The van der Waals surface area contributed by atoms with E-state index in [1.807, 2.05) is 6.92 Å². The van der Waals surface area contributed by atoms with E-state index in [1.165, 1.54) is 31.4 Å². The van der Waals surface area contributed by atoms with Gasteiger partial charge in [-0.1, -0.05) is 29.8 Å². The molecule has 0 aliphatic rings. The van der Waals surface area contributed by atoms with E-state index >= 15 is 0 Å². The number of carbonyl (C=O) groups excluding carboxylic acids is 1. The van der Waals surface area contributed by atoms with E-state index in [9.17, 15) is 9.18 Å². The quantitative estimate of drug-likeness (QED) is 0.563. The number of hydrogen-bond donors (Lipinski definition) is 0. The standard InChI is InChI=1S/C18H16ClFO3/c1-3-23-17-10-12(9-15(19)18(17)22-2)7-8-16(21)13-5-4-6-14(20)11-13/h4-11H,3H2,1-2H3/b8-7+. The van der Waals surface area contributed by atoms with Crippen LogP contribution in [0.3, 0.4) is 0 Å². The van der Waals surface area contributed by atoms with Crippen LogP contribution in [-0.2, 0) is 0 Å². The van der Waals surface area contributed by atoms with Crippen molar-refractivity contribution < 1.29 is 18.7 Å². The molecule has 0 bridgehead atoms. The minimum absolute atomic E-state index is 0.283. The van der Waals surface area contributed by atoms with Gasteiger partial charge in [0.2, 0.25) is 0 Å². The van der Waals surface area contributed by atoms with Crippen molar-refractivity contribution in [2.24, 2.45) is 0 Å². The molecule has 2 rings (SSSR count). The van der Waals surface area contributed by atoms with E-state index in [0.29, 0.717) is 28.7 Å². The zero-order valence-electron chi connectivity index (χ0n) is 12.8. The Morgan fingerprint density at radius 1 is 1.30 bits per heavy atom. The Morgan fingerprint density at radius 3 is 2.74 bits per heavy atom. The number of ether oxygens (including phenoxy) is 2. The first-order valence-corrected chi connectivity index (χ1v) is 7.41. The van der Waals surface area contributed by atoms with E-state index in [0.717, 1.165) is 0 Å². The average Bonchev–Trinajstić information content (AvgIpc) is 2.53. The first-order valence-electron chi connectivity index (χ1n) is 7.03. The molecule has 0 amide bonds. The van der Waals surface area contributed by atoms with Gasteiger partial charge in [0.15, 0.2) is 17.3 Å². The van der Waals surface area contributed by atoms with Crippen molar-refractivity contribution in [3.05, 3.63) is 64.4 Å². The van der Waals surface area contributed by atoms with Crippen LogP contribution in [-0.4, -0.2) is 19.5 Å². The lowest BCUT2D eigenvalue weighted by Crippen LogP contribution is -1.97. The predicted molar refractivity (Wildman–Crippen MR) is 88.9 cm³/mol. The molecule has 0 unspecified atom stereocenters. The lowest BCUT2D eigenvalue weighted by Gasteiger charge is -2.11. The van der Waals surface area contributed by atoms with Crippen molar-refractivity contribution in [1.82, 2.24) is 0 Å². The summed E-state index contributed by atoms with van der Waals surface area (Å²) >= 11 is 6.15. The zero-order chi connectivity index (χ0) is 16.8. The first kappa shape index (κ1) is 17.0. The van der Waals surface area contributed by atoms with Crippen molar-refractivity contribution in [2.45, 2.75) is 6.92 Å². The molecule has 0 atom stereocenters. The molecule has 5 heteroatoms. The van der Waals surface area contributed by atoms with Crippen molar-refractivity contribution in [3.8, 4) is 11.5 Å². The lowest BCUT2D eigenvalue weighted by atomic mass is 10.1. The number of hydrogen-bond acceptors (Lipinski definition) is 3. The second kappa shape index (κ2) is 7.79. The monoisotopic (exact) mass is 334 g/mol. The van der Waals surface area contributed by atoms with Gasteiger partial charge in [-0.3, -0.25) is 4.79 Å². The summed E-state index contributed by atoms with van der Waals surface area (Å²) in [6.45, 7) is 2.31. The van der Waals surface area contributed by atoms with Crippen LogP contribution in [0.15, 0.2) is 42.5 Å². The van der Waals surface area contributed by atoms with Gasteiger partial charge in [0, 0.05) is 5.56 Å². The number of rotatable bonds is 6. The topological polar surface area (TPSA) is 35.5 Å². The molecule has 0 fully saturated rings. The minimum Gasteiger partial charge on any atom is -0.491 e. The molecule has 120 valence electrons. The average molecular weight is 335 g/mol. The molecule has 0 aliphatic carbocycles. The third-order valence-corrected chi connectivity index (χ3v) is 3.35. The van der Waals surface area contributed by atoms with Gasteiger partial charge in [0.1, 0.15) is 5.82 Å². The Balaban J connectivity index is 2.27. The normalized spacial score (nSPS) is 10.8. The fourth-order valence-corrected chi connectivity index (χ4v) is 2.35. The zero-order valence-corrected chi connectivity index (χ0v) is 13.6. The maximum atomic E-state index is 13.1. The summed E-state index contributed by atoms with van der Waals surface area (Å²) in [7, 11) is 1.51. The van der Waals surface area contributed by atoms with Gasteiger partial charge < -0.3 is 9.47 Å². The van der Waals surface area contributed by atoms with Gasteiger partial charge >= 0.3 is 0 Å². The van der Waals surface area contributed by atoms with Crippen LogP contribution in [0.2, 0.25) is 5.02 Å². The van der Waals surface area contributed by atoms with Crippen LogP contribution in [0.1, 0.15) is 22.8 Å². The van der Waals surface area contributed by atoms with Crippen molar-refractivity contribution in [1.29, 1.82) is 0 Å². The summed E-state index contributed by atoms with van der Waals surface area (Å²) in [5, 5.41) is 0.385. The van der Waals surface area contributed by atoms with Crippen LogP contribution in [0, 0.1) is 5.82 Å². The molecule has 23 heavy (non-hydrogen) atoms. The number of methoxy groups -OCH3 is 1. The second-order valence-corrected chi connectivity index (χ2v) is 5.08. The highest BCUT2D eigenvalue weighted by atomic mass is 35.5. The van der Waals surface area contributed by atoms with E-state index in [2.05, 4.69) is 0 Å². The van der Waals surface area contributed by atoms with Gasteiger partial charge in [0.05, 0.1) is 18.7 Å². The Morgan fingerprint density at radius 2 is 2.09 bits per heavy atom. The molecule has 3 nitrogen and oxygen atoms in total. The Hall–Kier alpha value is -2.33. The lowest BCUT2D eigenvalue weighted by molar-refractivity contribution is 0.104. The molecule has 0 N–H and O–H groups in total. The summed E-state index contributed by atoms with van der Waals surface area (Å²) in [5.41, 5.74) is 0.967. The molecule has 0 aromatic heterocycles. The molecule has 0 heterocycles. The molecule has 0 saturated heterocycles. The van der Waals surface area contributed by atoms with E-state index in [4.69, 9.17) is 21.1 Å². The Kier molecular flexibility index (Phi) is 5.77. The molecule has 0 spiro atoms. The maximum absolute atomic E-state index is 13.1. The van der Waals surface area contributed by atoms with E-state index in [-0.39, 0.29) is 11.3 Å². The Labute approximate surface area is 139 Å². The summed E-state index contributed by atoms with van der Waals surface area (Å²) in [6, 6.07) is 8.93. The molecular formula is C18H16ClFO3. The van der Waals surface area contributed by atoms with Gasteiger partial charge in [-0.05, 0) is 42.8 Å². The van der Waals surface area contributed by atoms with Crippen LogP contribution in [0.25, 0.3) is 6.08 Å². The number of allylic oxidation sites excluding steroid dienone is 1. The van der Waals surface area contributed by atoms with Gasteiger partial charge in [-0.15, -0.1) is 0 Å². The van der Waals surface area contributed by atoms with E-state index in [1.54, 1.807) is 24.3 Å². The van der Waals surface area contributed by atoms with Crippen LogP contribution in [0.4, 0.5) is 4.39 Å². The van der Waals surface area contributed by atoms with Crippen molar-refractivity contribution >= 4 is 23.5 Å². The fraction of sp³-hybridized carbons (Fsp3) is 0.167. The summed E-state index contributed by atoms with van der Waals surface area (Å²) in [5.74, 6) is 0.201. The molecular weight excluding hydrogens is 319 g/mol. The first-order chi connectivity index (χ1) is 11.0. The molecule has 0 saturated carbocycles. The third kappa shape index (κ3) is 4.33. The maximum Gasteiger partial charge on any atom is 0.185 e. The number of halogens is 2. The smallest absolute Gasteiger partial charge is 0.185 e. The van der Waals surface area contributed by atoms with Gasteiger partial charge in [-0.25, -0.2) is 4.39 Å². The predicted octanol–water partition coefficient (Wildman–Crippen LogP) is 4.78. The van der Waals surface area contributed by atoms with Gasteiger partial charge in [0.25, 0.3) is 0 Å². The van der Waals surface area contributed by atoms with E-state index < -0.39 is 5.82 Å². The molecule has 2 aromatic rings. The van der Waals surface area contributed by atoms with Gasteiger partial charge in [-0.2, -0.15) is 0 Å². The number of carbonyl (C=O) groups is 1. The van der Waals surface area contributed by atoms with Crippen molar-refractivity contribution in [3.63, 3.8) is 0 Å².